The van der Waals surface area contributed by atoms with Crippen molar-refractivity contribution in [1.82, 2.24) is 10.3 Å². The molecule has 0 amide bonds. The fourth-order valence-corrected chi connectivity index (χ4v) is 6.63. The first kappa shape index (κ1) is 38.1. The molecule has 1 aromatic heterocycles. The predicted molar refractivity (Wildman–Crippen MR) is 204 cm³/mol. The number of aryl methyl sites for hydroxylation is 3. The molecule has 4 aromatic rings. The lowest BCUT2D eigenvalue weighted by molar-refractivity contribution is -0.124. The average molecular weight is 676 g/mol. The van der Waals surface area contributed by atoms with Gasteiger partial charge < -0.3 is 20.9 Å². The van der Waals surface area contributed by atoms with Gasteiger partial charge in [-0.25, -0.2) is 4.98 Å². The normalized spacial score (nSPS) is 11.9. The van der Waals surface area contributed by atoms with Gasteiger partial charge >= 0.3 is 0 Å². The van der Waals surface area contributed by atoms with Gasteiger partial charge in [-0.3, -0.25) is 9.59 Å². The maximum atomic E-state index is 12.8. The summed E-state index contributed by atoms with van der Waals surface area (Å²) in [7, 11) is 3.49. The first-order chi connectivity index (χ1) is 24.1. The molecule has 0 aliphatic heterocycles. The first-order valence-corrected chi connectivity index (χ1v) is 17.7. The van der Waals surface area contributed by atoms with Crippen LogP contribution in [0.2, 0.25) is 0 Å². The third-order valence-corrected chi connectivity index (χ3v) is 9.13. The van der Waals surface area contributed by atoms with Crippen LogP contribution in [0.5, 0.6) is 11.5 Å². The van der Waals surface area contributed by atoms with Crippen LogP contribution in [-0.2, 0) is 28.9 Å². The molecule has 4 N–H and O–H groups in total. The number of Topliss-reactive ketones (excluding diaryl/α,β-unsaturated/α-hetero) is 1. The third kappa shape index (κ3) is 12.3. The van der Waals surface area contributed by atoms with Crippen molar-refractivity contribution in [3.05, 3.63) is 124 Å². The number of hydrogen-bond donors (Lipinski definition) is 3. The number of pyridine rings is 1. The molecule has 3 aromatic carbocycles. The van der Waals surface area contributed by atoms with Gasteiger partial charge in [0, 0.05) is 19.0 Å². The number of phenolic OH excluding ortho intramolecular Hbond substituents is 1. The number of nitrogen functional groups attached to an aromatic ring is 1. The number of nitrogens with one attached hydrogen (secondary N) is 1. The van der Waals surface area contributed by atoms with E-state index >= 15 is 0 Å². The van der Waals surface area contributed by atoms with E-state index < -0.39 is 0 Å². The number of carbonyl (C=O) groups is 2. The minimum atomic E-state index is -0.243. The molecule has 0 saturated carbocycles. The predicted octanol–water partition coefficient (Wildman–Crippen LogP) is 8.14. The fourth-order valence-electron chi connectivity index (χ4n) is 6.63. The zero-order valence-electron chi connectivity index (χ0n) is 30.1. The van der Waals surface area contributed by atoms with Gasteiger partial charge in [0.15, 0.2) is 17.3 Å². The third-order valence-electron chi connectivity index (χ3n) is 9.13. The van der Waals surface area contributed by atoms with Gasteiger partial charge in [0.25, 0.3) is 0 Å². The molecule has 1 heterocycles. The number of carbonyl (C=O) groups excluding carboxylic acids is 2. The molecule has 7 nitrogen and oxygen atoms in total. The van der Waals surface area contributed by atoms with Crippen molar-refractivity contribution in [2.45, 2.75) is 78.1 Å². The van der Waals surface area contributed by atoms with Gasteiger partial charge in [-0.2, -0.15) is 0 Å². The quantitative estimate of drug-likeness (QED) is 0.0492. The van der Waals surface area contributed by atoms with Crippen molar-refractivity contribution in [3.63, 3.8) is 0 Å². The van der Waals surface area contributed by atoms with Gasteiger partial charge in [0.1, 0.15) is 11.6 Å². The molecule has 0 fully saturated rings. The van der Waals surface area contributed by atoms with Crippen molar-refractivity contribution >= 4 is 23.5 Å². The van der Waals surface area contributed by atoms with Crippen molar-refractivity contribution in [3.8, 4) is 11.5 Å². The van der Waals surface area contributed by atoms with E-state index in [0.29, 0.717) is 36.7 Å². The van der Waals surface area contributed by atoms with E-state index in [-0.39, 0.29) is 23.7 Å². The van der Waals surface area contributed by atoms with E-state index in [0.717, 1.165) is 67.3 Å². The van der Waals surface area contributed by atoms with Crippen LogP contribution < -0.4 is 15.8 Å². The Morgan fingerprint density at radius 3 is 2.36 bits per heavy atom. The molecule has 0 radical (unpaired) electrons. The standard InChI is InChI=1S/C43H53N3O4/c1-30-19-31(2)21-34(20-30)22-38-24-35(29-46-43(38)44)23-37-25-41(49)42(50-4)26-36(37)17-18-40(48)27-39(47)14-10-6-9-13-33(28-45-3)16-15-32-11-7-5-8-12-32/h5,7-8,11-12,17-21,24-26,29,33,45,49H,6,9-10,13-16,22-23,27-28H2,1-4H3,(H2,44,46)/t33-/m1/s1. The number of ketones is 2. The Balaban J connectivity index is 1.31. The maximum absolute atomic E-state index is 12.8. The zero-order valence-corrected chi connectivity index (χ0v) is 30.1. The highest BCUT2D eigenvalue weighted by molar-refractivity contribution is 6.06. The Labute approximate surface area is 298 Å². The summed E-state index contributed by atoms with van der Waals surface area (Å²) in [5.74, 6) is 1.12. The highest BCUT2D eigenvalue weighted by atomic mass is 16.5. The van der Waals surface area contributed by atoms with Crippen molar-refractivity contribution < 1.29 is 19.4 Å². The molecule has 264 valence electrons. The van der Waals surface area contributed by atoms with Crippen LogP contribution in [0.1, 0.15) is 89.5 Å². The van der Waals surface area contributed by atoms with Gasteiger partial charge in [0.05, 0.1) is 13.5 Å². The van der Waals surface area contributed by atoms with Gasteiger partial charge in [-0.15, -0.1) is 0 Å². The van der Waals surface area contributed by atoms with Gasteiger partial charge in [-0.05, 0) is 123 Å². The Bertz CT molecular complexity index is 1730. The number of rotatable bonds is 20. The van der Waals surface area contributed by atoms with Crippen LogP contribution in [0.15, 0.2) is 79.0 Å². The number of unbranched alkanes of at least 4 members (excludes halogenated alkanes) is 2. The Morgan fingerprint density at radius 2 is 1.64 bits per heavy atom. The van der Waals surface area contributed by atoms with Crippen molar-refractivity contribution in [1.29, 1.82) is 0 Å². The van der Waals surface area contributed by atoms with Gasteiger partial charge in [-0.1, -0.05) is 78.6 Å². The van der Waals surface area contributed by atoms with Gasteiger partial charge in [0.2, 0.25) is 0 Å². The van der Waals surface area contributed by atoms with E-state index in [9.17, 15) is 14.7 Å². The number of ether oxygens (including phenoxy) is 1. The second-order valence-corrected chi connectivity index (χ2v) is 13.5. The SMILES string of the molecule is CNC[C@H](CCCCCC(=O)CC(=O)C=Cc1cc(OC)c(O)cc1Cc1cnc(N)c(Cc2cc(C)cc(C)c2)c1)CCc1ccccc1. The summed E-state index contributed by atoms with van der Waals surface area (Å²) in [5, 5.41) is 13.9. The summed E-state index contributed by atoms with van der Waals surface area (Å²) < 4.78 is 5.35. The summed E-state index contributed by atoms with van der Waals surface area (Å²) >= 11 is 0. The molecule has 7 heteroatoms. The maximum Gasteiger partial charge on any atom is 0.163 e. The first-order valence-electron chi connectivity index (χ1n) is 17.7. The number of phenols is 1. The molecule has 0 unspecified atom stereocenters. The lowest BCUT2D eigenvalue weighted by Gasteiger charge is -2.16. The minimum Gasteiger partial charge on any atom is -0.504 e. The number of allylic oxidation sites excluding steroid dienone is 1. The van der Waals surface area contributed by atoms with Crippen LogP contribution in [0.3, 0.4) is 0 Å². The second kappa shape index (κ2) is 19.4. The molecule has 0 aliphatic carbocycles. The zero-order chi connectivity index (χ0) is 35.9. The van der Waals surface area contributed by atoms with E-state index in [1.54, 1.807) is 24.4 Å². The smallest absolute Gasteiger partial charge is 0.163 e. The molecule has 0 bridgehead atoms. The Hall–Kier alpha value is -4.75. The van der Waals surface area contributed by atoms with Crippen LogP contribution in [0.25, 0.3) is 6.08 Å². The molecule has 50 heavy (non-hydrogen) atoms. The highest BCUT2D eigenvalue weighted by Gasteiger charge is 2.14. The Kier molecular flexibility index (Phi) is 14.8. The fraction of sp³-hybridized carbons (Fsp3) is 0.372. The molecular weight excluding hydrogens is 622 g/mol. The molecule has 0 spiro atoms. The number of nitrogens with two attached hydrogens (primary N) is 1. The largest absolute Gasteiger partial charge is 0.504 e. The topological polar surface area (TPSA) is 115 Å². The van der Waals surface area contributed by atoms with E-state index in [2.05, 4.69) is 66.6 Å². The lowest BCUT2D eigenvalue weighted by atomic mass is 9.93. The number of aromatic hydroxyl groups is 1. The van der Waals surface area contributed by atoms with Crippen molar-refractivity contribution in [2.75, 3.05) is 26.4 Å². The average Bonchev–Trinajstić information content (AvgIpc) is 3.08. The Morgan fingerprint density at radius 1 is 0.900 bits per heavy atom. The monoisotopic (exact) mass is 675 g/mol. The summed E-state index contributed by atoms with van der Waals surface area (Å²) in [6.07, 6.45) is 12.5. The number of hydrogen-bond acceptors (Lipinski definition) is 7. The molecule has 0 saturated heterocycles. The molecular formula is C43H53N3O4. The second-order valence-electron chi connectivity index (χ2n) is 13.5. The van der Waals surface area contributed by atoms with Crippen LogP contribution >= 0.6 is 0 Å². The highest BCUT2D eigenvalue weighted by Crippen LogP contribution is 2.32. The van der Waals surface area contributed by atoms with Crippen LogP contribution in [-0.4, -0.2) is 42.4 Å². The van der Waals surface area contributed by atoms with E-state index in [1.165, 1.54) is 35.4 Å². The molecule has 0 aliphatic rings. The number of aromatic nitrogens is 1. The minimum absolute atomic E-state index is 0.00786. The summed E-state index contributed by atoms with van der Waals surface area (Å²) in [5.41, 5.74) is 14.6. The number of benzene rings is 3. The number of methoxy groups -OCH3 is 1. The number of anilines is 1. The van der Waals surface area contributed by atoms with Crippen LogP contribution in [0, 0.1) is 19.8 Å². The summed E-state index contributed by atoms with van der Waals surface area (Å²) in [6, 6.07) is 22.4. The summed E-state index contributed by atoms with van der Waals surface area (Å²) in [6.45, 7) is 5.16. The van der Waals surface area contributed by atoms with Crippen LogP contribution in [0.4, 0.5) is 5.82 Å². The lowest BCUT2D eigenvalue weighted by Crippen LogP contribution is -2.19. The number of nitrogens with zero attached hydrogens (tertiary/aromatic N) is 1. The molecule has 1 atom stereocenters. The summed E-state index contributed by atoms with van der Waals surface area (Å²) in [4.78, 5) is 30.0. The van der Waals surface area contributed by atoms with Crippen molar-refractivity contribution in [2.24, 2.45) is 5.92 Å². The molecule has 4 rings (SSSR count). The van der Waals surface area contributed by atoms with E-state index in [1.807, 2.05) is 19.2 Å². The van der Waals surface area contributed by atoms with E-state index in [4.69, 9.17) is 10.5 Å².